The second-order valence-corrected chi connectivity index (χ2v) is 6.70. The van der Waals surface area contributed by atoms with Crippen molar-refractivity contribution >= 4 is 11.9 Å². The van der Waals surface area contributed by atoms with Crippen molar-refractivity contribution in [3.05, 3.63) is 71.8 Å². The topological polar surface area (TPSA) is 61.8 Å². The van der Waals surface area contributed by atoms with E-state index in [1.807, 2.05) is 60.7 Å². The fraction of sp³-hybridized carbons (Fsp3) is 0.364. The van der Waals surface area contributed by atoms with Crippen molar-refractivity contribution in [2.75, 3.05) is 7.11 Å². The zero-order chi connectivity index (χ0) is 19.1. The predicted molar refractivity (Wildman–Crippen MR) is 99.7 cm³/mol. The van der Waals surface area contributed by atoms with Crippen LogP contribution in [0, 0.1) is 5.92 Å². The summed E-state index contributed by atoms with van der Waals surface area (Å²) in [5.74, 6) is -1.16. The molecule has 0 bridgehead atoms. The molecule has 0 N–H and O–H groups in total. The molecule has 1 unspecified atom stereocenters. The van der Waals surface area contributed by atoms with Crippen molar-refractivity contribution in [3.63, 3.8) is 0 Å². The highest BCUT2D eigenvalue weighted by Crippen LogP contribution is 2.33. The summed E-state index contributed by atoms with van der Waals surface area (Å²) in [6, 6.07) is 19.9. The van der Waals surface area contributed by atoms with Crippen molar-refractivity contribution in [1.29, 1.82) is 0 Å². The van der Waals surface area contributed by atoms with Crippen LogP contribution in [0.5, 0.6) is 0 Å². The van der Waals surface area contributed by atoms with Crippen molar-refractivity contribution in [1.82, 2.24) is 0 Å². The standard InChI is InChI=1S/C22H24O5/c1-25-21(23)13-18-12-19(27-22(18)24)14-20(17-10-6-3-7-11-17)26-15-16-8-4-2-5-9-16/h2-11,18-20H,12-15H2,1H3/t18?,19-,20-/m0/s1. The second kappa shape index (κ2) is 9.33. The van der Waals surface area contributed by atoms with Gasteiger partial charge in [-0.25, -0.2) is 0 Å². The van der Waals surface area contributed by atoms with Gasteiger partial charge in [-0.2, -0.15) is 0 Å². The van der Waals surface area contributed by atoms with E-state index in [9.17, 15) is 9.59 Å². The van der Waals surface area contributed by atoms with Crippen LogP contribution < -0.4 is 0 Å². The maximum atomic E-state index is 12.1. The Kier molecular flexibility index (Phi) is 6.60. The summed E-state index contributed by atoms with van der Waals surface area (Å²) in [7, 11) is 1.32. The van der Waals surface area contributed by atoms with Crippen LogP contribution in [-0.4, -0.2) is 25.2 Å². The SMILES string of the molecule is COC(=O)CC1C[C@@H](C[C@H](OCc2ccccc2)c2ccccc2)OC1=O. The Labute approximate surface area is 159 Å². The molecule has 1 heterocycles. The zero-order valence-corrected chi connectivity index (χ0v) is 15.4. The van der Waals surface area contributed by atoms with Gasteiger partial charge < -0.3 is 14.2 Å². The van der Waals surface area contributed by atoms with Crippen molar-refractivity contribution in [2.24, 2.45) is 5.92 Å². The van der Waals surface area contributed by atoms with Crippen LogP contribution in [0.2, 0.25) is 0 Å². The number of rotatable bonds is 8. The first-order chi connectivity index (χ1) is 13.2. The van der Waals surface area contributed by atoms with Gasteiger partial charge in [-0.3, -0.25) is 9.59 Å². The summed E-state index contributed by atoms with van der Waals surface area (Å²) >= 11 is 0. The number of carbonyl (C=O) groups excluding carboxylic acids is 2. The van der Waals surface area contributed by atoms with Gasteiger partial charge in [-0.15, -0.1) is 0 Å². The molecule has 0 aliphatic carbocycles. The summed E-state index contributed by atoms with van der Waals surface area (Å²) in [4.78, 5) is 23.5. The summed E-state index contributed by atoms with van der Waals surface area (Å²) in [5, 5.41) is 0. The molecular formula is C22H24O5. The molecule has 3 atom stereocenters. The Morgan fingerprint density at radius 2 is 1.78 bits per heavy atom. The highest BCUT2D eigenvalue weighted by Gasteiger charge is 2.37. The average molecular weight is 368 g/mol. The lowest BCUT2D eigenvalue weighted by Gasteiger charge is -2.21. The third kappa shape index (κ3) is 5.41. The van der Waals surface area contributed by atoms with Gasteiger partial charge in [0.05, 0.1) is 32.2 Å². The number of methoxy groups -OCH3 is 1. The third-order valence-corrected chi connectivity index (χ3v) is 4.75. The fourth-order valence-corrected chi connectivity index (χ4v) is 3.30. The fourth-order valence-electron chi connectivity index (χ4n) is 3.30. The van der Waals surface area contributed by atoms with E-state index in [1.165, 1.54) is 7.11 Å². The van der Waals surface area contributed by atoms with Gasteiger partial charge in [0.15, 0.2) is 0 Å². The van der Waals surface area contributed by atoms with Gasteiger partial charge in [0, 0.05) is 6.42 Å². The maximum Gasteiger partial charge on any atom is 0.309 e. The van der Waals surface area contributed by atoms with Crippen LogP contribution in [0.3, 0.4) is 0 Å². The Hall–Kier alpha value is -2.66. The molecule has 3 rings (SSSR count). The van der Waals surface area contributed by atoms with Gasteiger partial charge >= 0.3 is 11.9 Å². The van der Waals surface area contributed by atoms with Crippen LogP contribution in [0.25, 0.3) is 0 Å². The zero-order valence-electron chi connectivity index (χ0n) is 15.4. The van der Waals surface area contributed by atoms with E-state index in [0.29, 0.717) is 19.4 Å². The molecule has 0 saturated carbocycles. The quantitative estimate of drug-likeness (QED) is 0.663. The van der Waals surface area contributed by atoms with Crippen LogP contribution >= 0.6 is 0 Å². The van der Waals surface area contributed by atoms with E-state index < -0.39 is 11.9 Å². The van der Waals surface area contributed by atoms with Crippen LogP contribution in [0.4, 0.5) is 0 Å². The second-order valence-electron chi connectivity index (χ2n) is 6.70. The van der Waals surface area contributed by atoms with Crippen LogP contribution in [0.15, 0.2) is 60.7 Å². The number of cyclic esters (lactones) is 1. The third-order valence-electron chi connectivity index (χ3n) is 4.75. The summed E-state index contributed by atoms with van der Waals surface area (Å²) in [5.41, 5.74) is 2.13. The Bertz CT molecular complexity index is 744. The highest BCUT2D eigenvalue weighted by molar-refractivity contribution is 5.81. The Balaban J connectivity index is 1.65. The molecule has 1 aliphatic rings. The van der Waals surface area contributed by atoms with Crippen molar-refractivity contribution in [3.8, 4) is 0 Å². The normalized spacial score (nSPS) is 20.1. The highest BCUT2D eigenvalue weighted by atomic mass is 16.6. The number of esters is 2. The first-order valence-electron chi connectivity index (χ1n) is 9.13. The average Bonchev–Trinajstić information content (AvgIpc) is 3.05. The van der Waals surface area contributed by atoms with E-state index in [1.54, 1.807) is 0 Å². The molecule has 1 saturated heterocycles. The van der Waals surface area contributed by atoms with E-state index in [2.05, 4.69) is 4.74 Å². The van der Waals surface area contributed by atoms with Gasteiger partial charge in [-0.1, -0.05) is 60.7 Å². The number of carbonyl (C=O) groups is 2. The lowest BCUT2D eigenvalue weighted by Crippen LogP contribution is -2.15. The molecule has 5 heteroatoms. The largest absolute Gasteiger partial charge is 0.469 e. The van der Waals surface area contributed by atoms with Crippen molar-refractivity contribution < 1.29 is 23.8 Å². The van der Waals surface area contributed by atoms with Gasteiger partial charge in [0.25, 0.3) is 0 Å². The van der Waals surface area contributed by atoms with E-state index in [4.69, 9.17) is 9.47 Å². The molecule has 5 nitrogen and oxygen atoms in total. The predicted octanol–water partition coefficient (Wildman–Crippen LogP) is 3.83. The number of ether oxygens (including phenoxy) is 3. The minimum absolute atomic E-state index is 0.0622. The molecule has 142 valence electrons. The van der Waals surface area contributed by atoms with Crippen LogP contribution in [0.1, 0.15) is 36.5 Å². The number of benzene rings is 2. The van der Waals surface area contributed by atoms with Gasteiger partial charge in [0.2, 0.25) is 0 Å². The maximum absolute atomic E-state index is 12.1. The first-order valence-corrected chi connectivity index (χ1v) is 9.13. The molecular weight excluding hydrogens is 344 g/mol. The monoisotopic (exact) mass is 368 g/mol. The molecule has 0 spiro atoms. The summed E-state index contributed by atoms with van der Waals surface area (Å²) in [6.07, 6.45) is 0.660. The Morgan fingerprint density at radius 3 is 2.44 bits per heavy atom. The summed E-state index contributed by atoms with van der Waals surface area (Å²) < 4.78 is 16.3. The minimum Gasteiger partial charge on any atom is -0.469 e. The molecule has 2 aromatic rings. The minimum atomic E-state index is -0.437. The van der Waals surface area contributed by atoms with E-state index in [-0.39, 0.29) is 24.6 Å². The summed E-state index contributed by atoms with van der Waals surface area (Å²) in [6.45, 7) is 0.479. The van der Waals surface area contributed by atoms with E-state index >= 15 is 0 Å². The molecule has 27 heavy (non-hydrogen) atoms. The molecule has 0 aromatic heterocycles. The van der Waals surface area contributed by atoms with Gasteiger partial charge in [-0.05, 0) is 17.5 Å². The lowest BCUT2D eigenvalue weighted by atomic mass is 9.96. The molecule has 2 aromatic carbocycles. The van der Waals surface area contributed by atoms with E-state index in [0.717, 1.165) is 11.1 Å². The molecule has 1 aliphatic heterocycles. The lowest BCUT2D eigenvalue weighted by molar-refractivity contribution is -0.150. The van der Waals surface area contributed by atoms with Crippen molar-refractivity contribution in [2.45, 2.75) is 38.1 Å². The smallest absolute Gasteiger partial charge is 0.309 e. The number of hydrogen-bond donors (Lipinski definition) is 0. The molecule has 0 radical (unpaired) electrons. The van der Waals surface area contributed by atoms with Gasteiger partial charge in [0.1, 0.15) is 6.10 Å². The molecule has 1 fully saturated rings. The molecule has 0 amide bonds. The Morgan fingerprint density at radius 1 is 1.11 bits per heavy atom. The number of hydrogen-bond acceptors (Lipinski definition) is 5. The first kappa shape index (κ1) is 19.1. The van der Waals surface area contributed by atoms with Crippen LogP contribution in [-0.2, 0) is 30.4 Å².